The summed E-state index contributed by atoms with van der Waals surface area (Å²) in [5.41, 5.74) is 0.0900. The van der Waals surface area contributed by atoms with Gasteiger partial charge in [-0.1, -0.05) is 30.3 Å². The lowest BCUT2D eigenvalue weighted by Crippen LogP contribution is -2.44. The average Bonchev–Trinajstić information content (AvgIpc) is 2.90. The Morgan fingerprint density at radius 2 is 1.25 bits per heavy atom. The smallest absolute Gasteiger partial charge is 0.264 e. The molecule has 40 heavy (non-hydrogen) atoms. The van der Waals surface area contributed by atoms with E-state index < -0.39 is 37.9 Å². The molecule has 1 aromatic carbocycles. The Balaban J connectivity index is 2.26. The van der Waals surface area contributed by atoms with Gasteiger partial charge in [0.15, 0.2) is 30.9 Å². The molecule has 0 atom stereocenters. The summed E-state index contributed by atoms with van der Waals surface area (Å²) >= 11 is 1.29. The van der Waals surface area contributed by atoms with Crippen LogP contribution < -0.4 is 0 Å². The predicted molar refractivity (Wildman–Crippen MR) is 145 cm³/mol. The third-order valence-electron chi connectivity index (χ3n) is 5.53. The minimum Gasteiger partial charge on any atom is -0.348 e. The highest BCUT2D eigenvalue weighted by molar-refractivity contribution is 7.90. The maximum absolute atomic E-state index is 11.7. The van der Waals surface area contributed by atoms with Crippen LogP contribution in [0.15, 0.2) is 30.3 Å². The highest BCUT2D eigenvalue weighted by Crippen LogP contribution is 2.42. The molecule has 0 aromatic heterocycles. The van der Waals surface area contributed by atoms with Crippen molar-refractivity contribution in [3.8, 4) is 0 Å². The molecule has 2 rings (SSSR count). The van der Waals surface area contributed by atoms with E-state index in [0.29, 0.717) is 31.1 Å². The summed E-state index contributed by atoms with van der Waals surface area (Å²) in [5, 5.41) is 0. The van der Waals surface area contributed by atoms with Gasteiger partial charge in [-0.25, -0.2) is 9.78 Å². The molecule has 0 aliphatic carbocycles. The first-order valence-corrected chi connectivity index (χ1v) is 16.9. The van der Waals surface area contributed by atoms with Crippen molar-refractivity contribution in [3.63, 3.8) is 0 Å². The molecule has 0 spiro atoms. The number of ether oxygens (including phenoxy) is 2. The first kappa shape index (κ1) is 35.6. The van der Waals surface area contributed by atoms with Crippen LogP contribution in [0.2, 0.25) is 0 Å². The van der Waals surface area contributed by atoms with Crippen molar-refractivity contribution in [1.82, 2.24) is 0 Å². The van der Waals surface area contributed by atoms with Gasteiger partial charge in [-0.05, 0) is 12.8 Å². The van der Waals surface area contributed by atoms with E-state index in [1.165, 1.54) is 14.2 Å². The molecule has 0 radical (unpaired) electrons. The Hall–Kier alpha value is -0.580. The summed E-state index contributed by atoms with van der Waals surface area (Å²) < 4.78 is 89.6. The zero-order valence-corrected chi connectivity index (χ0v) is 25.9. The molecule has 0 unspecified atom stereocenters. The Morgan fingerprint density at radius 1 is 0.800 bits per heavy atom. The maximum atomic E-state index is 11.7. The van der Waals surface area contributed by atoms with Crippen LogP contribution in [0.4, 0.5) is 0 Å². The van der Waals surface area contributed by atoms with E-state index >= 15 is 0 Å². The van der Waals surface area contributed by atoms with E-state index in [-0.39, 0.29) is 52.0 Å². The summed E-state index contributed by atoms with van der Waals surface area (Å²) in [4.78, 5) is 9.04. The maximum Gasteiger partial charge on any atom is 0.264 e. The molecular weight excluding hydrogens is 616 g/mol. The minimum absolute atomic E-state index is 0.149. The highest BCUT2D eigenvalue weighted by atomic mass is 32.2. The van der Waals surface area contributed by atoms with Gasteiger partial charge in [0.25, 0.3) is 20.2 Å². The van der Waals surface area contributed by atoms with Gasteiger partial charge in [0, 0.05) is 22.8 Å². The number of hydrogen-bond acceptors (Lipinski definition) is 16. The fourth-order valence-corrected chi connectivity index (χ4v) is 5.62. The van der Waals surface area contributed by atoms with E-state index in [9.17, 15) is 16.8 Å². The molecule has 1 aromatic rings. The molecule has 0 saturated carbocycles. The molecule has 0 N–H and O–H groups in total. The van der Waals surface area contributed by atoms with Crippen molar-refractivity contribution in [3.05, 3.63) is 35.9 Å². The lowest BCUT2D eigenvalue weighted by molar-refractivity contribution is -0.243. The van der Waals surface area contributed by atoms with Crippen LogP contribution in [-0.4, -0.2) is 83.2 Å². The van der Waals surface area contributed by atoms with Gasteiger partial charge < -0.3 is 9.47 Å². The van der Waals surface area contributed by atoms with E-state index in [0.717, 1.165) is 18.1 Å². The van der Waals surface area contributed by atoms with Crippen molar-refractivity contribution in [2.45, 2.75) is 19.1 Å². The Kier molecular flexibility index (Phi) is 16.2. The van der Waals surface area contributed by atoms with Gasteiger partial charge in [0.05, 0.1) is 66.4 Å². The Bertz CT molecular complexity index is 985. The third kappa shape index (κ3) is 15.1. The largest absolute Gasteiger partial charge is 0.348 e. The van der Waals surface area contributed by atoms with Crippen LogP contribution in [0, 0.1) is 17.3 Å². The Morgan fingerprint density at radius 3 is 1.68 bits per heavy atom. The minimum atomic E-state index is -3.80. The van der Waals surface area contributed by atoms with Gasteiger partial charge in [-0.15, -0.1) is 8.67 Å². The summed E-state index contributed by atoms with van der Waals surface area (Å²) in [6.07, 6.45) is 1.84. The summed E-state index contributed by atoms with van der Waals surface area (Å²) in [6.45, 7) is 0.0862. The molecule has 232 valence electrons. The van der Waals surface area contributed by atoms with Crippen LogP contribution in [0.3, 0.4) is 0 Å². The van der Waals surface area contributed by atoms with E-state index in [2.05, 4.69) is 9.78 Å². The van der Waals surface area contributed by atoms with Gasteiger partial charge in [-0.3, -0.25) is 16.7 Å². The molecule has 1 heterocycles. The quantitative estimate of drug-likeness (QED) is 0.0626. The summed E-state index contributed by atoms with van der Waals surface area (Å²) in [6, 6.07) is 9.38. The predicted octanol–water partition coefficient (Wildman–Crippen LogP) is 3.00. The van der Waals surface area contributed by atoms with Gasteiger partial charge >= 0.3 is 0 Å². The standard InChI is InChI=1S/C22H36O14S4/c1-27-35-37-31-12-18(13-32-38-36-28-2)10-22(16-29-21(30-17-22)20-8-6-5-7-9-20)11-19(14-33-39(3,23)24)15-34-40(4,25)26/h5-9,18-19,21H,10-17H2,1-4H3. The molecule has 18 heteroatoms. The zero-order chi connectivity index (χ0) is 29.5. The van der Waals surface area contributed by atoms with Crippen LogP contribution in [0.5, 0.6) is 0 Å². The topological polar surface area (TPSA) is 161 Å². The van der Waals surface area contributed by atoms with E-state index in [4.69, 9.17) is 34.9 Å². The summed E-state index contributed by atoms with van der Waals surface area (Å²) in [7, 11) is -4.93. The SMILES string of the molecule is COOSOCC(COSOOC)CC1(CC(COS(C)(=O)=O)COS(C)(=O)=O)COC(c2ccccc2)OC1. The highest BCUT2D eigenvalue weighted by Gasteiger charge is 2.42. The second-order valence-corrected chi connectivity index (χ2v) is 13.5. The lowest BCUT2D eigenvalue weighted by Gasteiger charge is -2.43. The van der Waals surface area contributed by atoms with Gasteiger partial charge in [-0.2, -0.15) is 16.8 Å². The molecule has 1 fully saturated rings. The fourth-order valence-electron chi connectivity index (χ4n) is 4.06. The van der Waals surface area contributed by atoms with Gasteiger partial charge in [0.1, 0.15) is 0 Å². The normalized spacial score (nSPS) is 20.4. The third-order valence-corrected chi connectivity index (χ3v) is 7.50. The number of benzene rings is 1. The molecule has 14 nitrogen and oxygen atoms in total. The fraction of sp³-hybridized carbons (Fsp3) is 0.727. The number of rotatable bonds is 21. The van der Waals surface area contributed by atoms with E-state index in [1.807, 2.05) is 30.3 Å². The Labute approximate surface area is 244 Å². The second-order valence-electron chi connectivity index (χ2n) is 9.16. The number of hydrogen-bond donors (Lipinski definition) is 0. The first-order valence-electron chi connectivity index (χ1n) is 11.9. The van der Waals surface area contributed by atoms with Crippen molar-refractivity contribution < 1.29 is 61.5 Å². The van der Waals surface area contributed by atoms with Crippen molar-refractivity contribution in [1.29, 1.82) is 0 Å². The van der Waals surface area contributed by atoms with Crippen molar-refractivity contribution in [2.75, 3.05) is 66.4 Å². The van der Waals surface area contributed by atoms with Crippen LogP contribution in [-0.2, 0) is 64.9 Å². The zero-order valence-electron chi connectivity index (χ0n) is 22.6. The molecule has 1 saturated heterocycles. The first-order chi connectivity index (χ1) is 19.0. The van der Waals surface area contributed by atoms with E-state index in [1.54, 1.807) is 0 Å². The van der Waals surface area contributed by atoms with Crippen molar-refractivity contribution in [2.24, 2.45) is 17.3 Å². The summed E-state index contributed by atoms with van der Waals surface area (Å²) in [5.74, 6) is -0.932. The average molecular weight is 653 g/mol. The molecular formula is C22H36O14S4. The monoisotopic (exact) mass is 652 g/mol. The van der Waals surface area contributed by atoms with Crippen LogP contribution in [0.1, 0.15) is 24.7 Å². The van der Waals surface area contributed by atoms with Crippen molar-refractivity contribution >= 4 is 44.9 Å². The molecule has 0 bridgehead atoms. The molecule has 0 amide bonds. The van der Waals surface area contributed by atoms with Gasteiger partial charge in [0.2, 0.25) is 0 Å². The van der Waals surface area contributed by atoms with Crippen LogP contribution in [0.25, 0.3) is 0 Å². The second kappa shape index (κ2) is 18.2. The molecule has 1 aliphatic rings. The lowest BCUT2D eigenvalue weighted by atomic mass is 9.74. The van der Waals surface area contributed by atoms with Crippen LogP contribution >= 0.6 is 24.6 Å². The molecule has 1 aliphatic heterocycles.